The molecule has 0 radical (unpaired) electrons. The zero-order valence-electron chi connectivity index (χ0n) is 14.4. The summed E-state index contributed by atoms with van der Waals surface area (Å²) in [6.45, 7) is 2.87. The summed E-state index contributed by atoms with van der Waals surface area (Å²) in [5.41, 5.74) is 0.935. The first-order chi connectivity index (χ1) is 12.9. The van der Waals surface area contributed by atoms with Crippen molar-refractivity contribution in [2.24, 2.45) is 5.92 Å². The maximum Gasteiger partial charge on any atom is 0.573 e. The number of aromatic amines is 1. The molecule has 27 heavy (non-hydrogen) atoms. The number of rotatable bonds is 4. The summed E-state index contributed by atoms with van der Waals surface area (Å²) in [6.07, 6.45) is -2.56. The van der Waals surface area contributed by atoms with Crippen molar-refractivity contribution in [2.75, 3.05) is 19.7 Å². The van der Waals surface area contributed by atoms with Crippen LogP contribution in [0.5, 0.6) is 5.75 Å². The molecule has 7 nitrogen and oxygen atoms in total. The largest absolute Gasteiger partial charge is 0.573 e. The molecule has 2 atom stereocenters. The van der Waals surface area contributed by atoms with Gasteiger partial charge in [0.05, 0.1) is 12.6 Å². The molecule has 146 valence electrons. The Kier molecular flexibility index (Phi) is 4.68. The third-order valence-corrected chi connectivity index (χ3v) is 5.01. The molecular weight excluding hydrogens is 367 g/mol. The molecule has 0 saturated carbocycles. The van der Waals surface area contributed by atoms with Crippen molar-refractivity contribution < 1.29 is 31.9 Å². The van der Waals surface area contributed by atoms with Crippen molar-refractivity contribution in [1.82, 2.24) is 10.1 Å². The molecule has 2 aliphatic heterocycles. The number of alkyl halides is 3. The Morgan fingerprint density at radius 3 is 3.00 bits per heavy atom. The molecule has 1 aromatic heterocycles. The highest BCUT2D eigenvalue weighted by molar-refractivity contribution is 5.60. The molecule has 0 aliphatic carbocycles. The third kappa shape index (κ3) is 4.01. The number of hydrogen-bond acceptors (Lipinski definition) is 5. The number of aromatic nitrogens is 2. The topological polar surface area (TPSA) is 73.6 Å². The molecule has 0 bridgehead atoms. The van der Waals surface area contributed by atoms with E-state index in [2.05, 4.69) is 14.8 Å². The van der Waals surface area contributed by atoms with Gasteiger partial charge in [-0.3, -0.25) is 4.90 Å². The predicted octanol–water partition coefficient (Wildman–Crippen LogP) is 2.70. The zero-order chi connectivity index (χ0) is 19.0. The van der Waals surface area contributed by atoms with Gasteiger partial charge in [-0.15, -0.1) is 13.2 Å². The Labute approximate surface area is 152 Å². The maximum absolute atomic E-state index is 12.5. The smallest absolute Gasteiger partial charge is 0.406 e. The standard InChI is InChI=1S/C17H19F3N3O4/c18-17(19,20)26-13-3-1-2-11(8-13)16-14(21-27-23(16)24)10-22-6-4-15-12(9-22)5-7-25-15/h1-3,8,12,15,21H,4-7,9-10H2/q+1/t12-,15+/m1/s1. The SMILES string of the molecule is O=[n+]1o[nH]c(CN2CC[C@@H]3OCC[C@@H]3C2)c1-c1cccc(OC(F)(F)F)c1. The Hall–Kier alpha value is -2.33. The molecule has 4 rings (SSSR count). The Bertz CT molecular complexity index is 864. The quantitative estimate of drug-likeness (QED) is 0.875. The minimum Gasteiger partial charge on any atom is -0.406 e. The number of likely N-dealkylation sites (tertiary alicyclic amines) is 1. The molecule has 2 aromatic rings. The molecule has 0 spiro atoms. The lowest BCUT2D eigenvalue weighted by Crippen LogP contribution is -2.40. The van der Waals surface area contributed by atoms with Gasteiger partial charge in [0.2, 0.25) is 5.69 Å². The number of hydrogen-bond donors (Lipinski definition) is 1. The molecule has 1 N–H and O–H groups in total. The van der Waals surface area contributed by atoms with Gasteiger partial charge in [0.1, 0.15) is 5.75 Å². The van der Waals surface area contributed by atoms with E-state index in [1.165, 1.54) is 24.3 Å². The zero-order valence-corrected chi connectivity index (χ0v) is 14.4. The summed E-state index contributed by atoms with van der Waals surface area (Å²) in [6, 6.07) is 5.28. The van der Waals surface area contributed by atoms with Crippen LogP contribution in [0, 0.1) is 10.8 Å². The van der Waals surface area contributed by atoms with E-state index in [9.17, 15) is 18.1 Å². The molecule has 0 unspecified atom stereocenters. The van der Waals surface area contributed by atoms with Gasteiger partial charge in [-0.2, -0.15) is 0 Å². The highest BCUT2D eigenvalue weighted by Gasteiger charge is 2.36. The van der Waals surface area contributed by atoms with Crippen LogP contribution in [0.1, 0.15) is 18.5 Å². The molecule has 10 heteroatoms. The van der Waals surface area contributed by atoms with Crippen LogP contribution < -0.4 is 9.34 Å². The number of nitrogens with one attached hydrogen (secondary N) is 1. The molecule has 1 aromatic carbocycles. The predicted molar refractivity (Wildman–Crippen MR) is 86.3 cm³/mol. The van der Waals surface area contributed by atoms with E-state index in [1.54, 1.807) is 0 Å². The summed E-state index contributed by atoms with van der Waals surface area (Å²) < 4.78 is 52.1. The van der Waals surface area contributed by atoms with Crippen molar-refractivity contribution in [3.8, 4) is 17.0 Å². The van der Waals surface area contributed by atoms with Crippen LogP contribution in [0.25, 0.3) is 11.3 Å². The van der Waals surface area contributed by atoms with Crippen LogP contribution in [0.2, 0.25) is 0 Å². The minimum absolute atomic E-state index is 0.146. The van der Waals surface area contributed by atoms with Gasteiger partial charge >= 0.3 is 6.36 Å². The number of fused-ring (bicyclic) bond motifs is 1. The highest BCUT2D eigenvalue weighted by atomic mass is 19.4. The Morgan fingerprint density at radius 1 is 1.33 bits per heavy atom. The van der Waals surface area contributed by atoms with Crippen LogP contribution in [-0.4, -0.2) is 42.2 Å². The third-order valence-electron chi connectivity index (χ3n) is 5.01. The van der Waals surface area contributed by atoms with E-state index in [4.69, 9.17) is 9.37 Å². The van der Waals surface area contributed by atoms with Gasteiger partial charge in [0.25, 0.3) is 5.69 Å². The average molecular weight is 386 g/mol. The lowest BCUT2D eigenvalue weighted by molar-refractivity contribution is -0.704. The van der Waals surface area contributed by atoms with Crippen LogP contribution in [0.3, 0.4) is 0 Å². The second kappa shape index (κ2) is 7.01. The average Bonchev–Trinajstić information content (AvgIpc) is 3.20. The van der Waals surface area contributed by atoms with Crippen LogP contribution >= 0.6 is 0 Å². The fourth-order valence-electron chi connectivity index (χ4n) is 3.85. The van der Waals surface area contributed by atoms with Crippen molar-refractivity contribution >= 4 is 0 Å². The number of H-pyrrole nitrogens is 1. The van der Waals surface area contributed by atoms with Crippen molar-refractivity contribution in [3.05, 3.63) is 34.9 Å². The van der Waals surface area contributed by atoms with Crippen molar-refractivity contribution in [2.45, 2.75) is 31.9 Å². The normalized spacial score (nSPS) is 23.4. The molecule has 2 aliphatic rings. The second-order valence-corrected chi connectivity index (χ2v) is 6.84. The van der Waals surface area contributed by atoms with Crippen LogP contribution in [0.4, 0.5) is 13.2 Å². The number of ether oxygens (including phenoxy) is 2. The molecular formula is C17H19F3N3O4+. The first kappa shape index (κ1) is 18.1. The van der Waals surface area contributed by atoms with Crippen molar-refractivity contribution in [1.29, 1.82) is 0 Å². The fraction of sp³-hybridized carbons (Fsp3) is 0.529. The summed E-state index contributed by atoms with van der Waals surface area (Å²) in [5, 5.41) is 2.59. The number of nitrogens with zero attached hydrogens (tertiary/aromatic N) is 2. The van der Waals surface area contributed by atoms with Gasteiger partial charge in [-0.05, 0) is 35.9 Å². The maximum atomic E-state index is 12.5. The summed E-state index contributed by atoms with van der Waals surface area (Å²) >= 11 is 0. The number of benzene rings is 1. The van der Waals surface area contributed by atoms with Gasteiger partial charge in [-0.25, -0.2) is 0 Å². The van der Waals surface area contributed by atoms with Crippen LogP contribution in [-0.2, 0) is 11.3 Å². The molecule has 2 fully saturated rings. The van der Waals surface area contributed by atoms with Crippen molar-refractivity contribution in [3.63, 3.8) is 0 Å². The fourth-order valence-corrected chi connectivity index (χ4v) is 3.85. The molecule has 0 amide bonds. The number of halogens is 3. The Morgan fingerprint density at radius 2 is 2.19 bits per heavy atom. The first-order valence-electron chi connectivity index (χ1n) is 8.72. The molecule has 3 heterocycles. The van der Waals surface area contributed by atoms with Crippen LogP contribution in [0.15, 0.2) is 28.9 Å². The van der Waals surface area contributed by atoms with Gasteiger partial charge in [-0.1, -0.05) is 15.9 Å². The lowest BCUT2D eigenvalue weighted by atomic mass is 9.94. The molecule has 2 saturated heterocycles. The van der Waals surface area contributed by atoms with E-state index in [0.717, 1.165) is 32.5 Å². The van der Waals surface area contributed by atoms with Gasteiger partial charge < -0.3 is 9.47 Å². The minimum atomic E-state index is -4.80. The monoisotopic (exact) mass is 386 g/mol. The highest BCUT2D eigenvalue weighted by Crippen LogP contribution is 2.31. The summed E-state index contributed by atoms with van der Waals surface area (Å²) in [7, 11) is 0. The van der Waals surface area contributed by atoms with E-state index in [-0.39, 0.29) is 15.9 Å². The summed E-state index contributed by atoms with van der Waals surface area (Å²) in [4.78, 5) is 14.3. The van der Waals surface area contributed by atoms with E-state index < -0.39 is 12.1 Å². The van der Waals surface area contributed by atoms with Gasteiger partial charge in [0, 0.05) is 31.2 Å². The van der Waals surface area contributed by atoms with E-state index in [1.807, 2.05) is 0 Å². The second-order valence-electron chi connectivity index (χ2n) is 6.84. The van der Waals surface area contributed by atoms with E-state index in [0.29, 0.717) is 24.3 Å². The lowest BCUT2D eigenvalue weighted by Gasteiger charge is -2.33. The number of piperidine rings is 1. The first-order valence-corrected chi connectivity index (χ1v) is 8.72. The van der Waals surface area contributed by atoms with E-state index >= 15 is 0 Å². The van der Waals surface area contributed by atoms with Gasteiger partial charge in [0.15, 0.2) is 4.60 Å². The summed E-state index contributed by atoms with van der Waals surface area (Å²) in [5.74, 6) is 0.0769. The Balaban J connectivity index is 1.55.